The number of para-hydroxylation sites is 2. The zero-order valence-electron chi connectivity index (χ0n) is 16.4. The third kappa shape index (κ3) is 4.81. The number of benzene rings is 2. The van der Waals surface area contributed by atoms with E-state index < -0.39 is 6.04 Å². The fraction of sp³-hybridized carbons (Fsp3) is 0.333. The molecule has 29 heavy (non-hydrogen) atoms. The summed E-state index contributed by atoms with van der Waals surface area (Å²) < 4.78 is 10.3. The van der Waals surface area contributed by atoms with Gasteiger partial charge in [0.25, 0.3) is 0 Å². The molecule has 7 nitrogen and oxygen atoms in total. The van der Waals surface area contributed by atoms with Crippen LogP contribution >= 0.6 is 11.6 Å². The van der Waals surface area contributed by atoms with Gasteiger partial charge in [-0.25, -0.2) is 9.59 Å². The fourth-order valence-corrected chi connectivity index (χ4v) is 3.65. The molecule has 0 aromatic heterocycles. The molecule has 1 heterocycles. The molecule has 0 saturated carbocycles. The number of rotatable bonds is 5. The third-order valence-corrected chi connectivity index (χ3v) is 5.28. The number of esters is 1. The van der Waals surface area contributed by atoms with Gasteiger partial charge in [-0.1, -0.05) is 41.9 Å². The largest absolute Gasteiger partial charge is 0.495 e. The number of hydrogen-bond donors (Lipinski definition) is 1. The zero-order valence-corrected chi connectivity index (χ0v) is 17.2. The fourth-order valence-electron chi connectivity index (χ4n) is 3.41. The summed E-state index contributed by atoms with van der Waals surface area (Å²) in [6.07, 6.45) is 0. The monoisotopic (exact) mass is 417 g/mol. The molecule has 154 valence electrons. The summed E-state index contributed by atoms with van der Waals surface area (Å²) >= 11 is 6.32. The highest BCUT2D eigenvalue weighted by Gasteiger charge is 2.33. The first kappa shape index (κ1) is 21.0. The Morgan fingerprint density at radius 1 is 1.00 bits per heavy atom. The van der Waals surface area contributed by atoms with Crippen LogP contribution < -0.4 is 10.1 Å². The number of carbonyl (C=O) groups excluding carboxylic acids is 2. The molecule has 1 N–H and O–H groups in total. The van der Waals surface area contributed by atoms with Gasteiger partial charge in [0.15, 0.2) is 0 Å². The van der Waals surface area contributed by atoms with Gasteiger partial charge in [-0.15, -0.1) is 0 Å². The highest BCUT2D eigenvalue weighted by Crippen LogP contribution is 2.30. The minimum atomic E-state index is -0.604. The SMILES string of the molecule is COC(=O)C(c1ccccc1Cl)N1CCN(C(=O)Nc2ccccc2OC)CC1. The van der Waals surface area contributed by atoms with E-state index in [4.69, 9.17) is 21.1 Å². The van der Waals surface area contributed by atoms with E-state index in [2.05, 4.69) is 5.32 Å². The van der Waals surface area contributed by atoms with Gasteiger partial charge >= 0.3 is 12.0 Å². The Kier molecular flexibility index (Phi) is 6.95. The molecule has 1 fully saturated rings. The van der Waals surface area contributed by atoms with Crippen molar-refractivity contribution in [2.75, 3.05) is 45.7 Å². The van der Waals surface area contributed by atoms with Gasteiger partial charge in [0.05, 0.1) is 19.9 Å². The number of carbonyl (C=O) groups is 2. The third-order valence-electron chi connectivity index (χ3n) is 4.94. The summed E-state index contributed by atoms with van der Waals surface area (Å²) in [5, 5.41) is 3.39. The number of urea groups is 1. The minimum Gasteiger partial charge on any atom is -0.495 e. The van der Waals surface area contributed by atoms with Crippen LogP contribution in [0.3, 0.4) is 0 Å². The standard InChI is InChI=1S/C21H24ClN3O4/c1-28-18-10-6-5-9-17(18)23-21(27)25-13-11-24(12-14-25)19(20(26)29-2)15-7-3-4-8-16(15)22/h3-10,19H,11-14H2,1-2H3,(H,23,27). The number of anilines is 1. The van der Waals surface area contributed by atoms with Crippen molar-refractivity contribution in [3.8, 4) is 5.75 Å². The van der Waals surface area contributed by atoms with Gasteiger partial charge < -0.3 is 19.7 Å². The number of piperazine rings is 1. The maximum absolute atomic E-state index is 12.7. The molecule has 2 aromatic rings. The van der Waals surface area contributed by atoms with E-state index in [1.807, 2.05) is 35.2 Å². The Labute approximate surface area is 175 Å². The summed E-state index contributed by atoms with van der Waals surface area (Å²) in [6, 6.07) is 13.7. The van der Waals surface area contributed by atoms with Crippen LogP contribution in [0.2, 0.25) is 5.02 Å². The Morgan fingerprint density at radius 3 is 2.31 bits per heavy atom. The molecule has 0 aliphatic carbocycles. The lowest BCUT2D eigenvalue weighted by atomic mass is 10.0. The summed E-state index contributed by atoms with van der Waals surface area (Å²) in [6.45, 7) is 1.98. The molecular weight excluding hydrogens is 394 g/mol. The second kappa shape index (κ2) is 9.62. The van der Waals surface area contributed by atoms with Crippen molar-refractivity contribution < 1.29 is 19.1 Å². The number of nitrogens with zero attached hydrogens (tertiary/aromatic N) is 2. The van der Waals surface area contributed by atoms with Gasteiger partial charge in [-0.2, -0.15) is 0 Å². The van der Waals surface area contributed by atoms with Crippen molar-refractivity contribution in [2.24, 2.45) is 0 Å². The molecule has 1 unspecified atom stereocenters. The Hall–Kier alpha value is -2.77. The number of nitrogens with one attached hydrogen (secondary N) is 1. The van der Waals surface area contributed by atoms with Crippen molar-refractivity contribution in [3.63, 3.8) is 0 Å². The smallest absolute Gasteiger partial charge is 0.327 e. The van der Waals surface area contributed by atoms with Gasteiger partial charge in [-0.05, 0) is 23.8 Å². The van der Waals surface area contributed by atoms with Crippen molar-refractivity contribution in [1.29, 1.82) is 0 Å². The first-order valence-electron chi connectivity index (χ1n) is 9.30. The second-order valence-electron chi connectivity index (χ2n) is 6.60. The summed E-state index contributed by atoms with van der Waals surface area (Å²) in [5.74, 6) is 0.231. The molecule has 0 radical (unpaired) electrons. The van der Waals surface area contributed by atoms with E-state index >= 15 is 0 Å². The molecule has 2 amide bonds. The van der Waals surface area contributed by atoms with Crippen LogP contribution in [-0.2, 0) is 9.53 Å². The Bertz CT molecular complexity index is 869. The van der Waals surface area contributed by atoms with Crippen LogP contribution in [-0.4, -0.2) is 62.2 Å². The number of ether oxygens (including phenoxy) is 2. The normalized spacial score (nSPS) is 15.5. The number of amides is 2. The second-order valence-corrected chi connectivity index (χ2v) is 7.01. The molecule has 1 saturated heterocycles. The number of halogens is 1. The number of methoxy groups -OCH3 is 2. The topological polar surface area (TPSA) is 71.1 Å². The molecule has 1 atom stereocenters. The van der Waals surface area contributed by atoms with E-state index in [0.29, 0.717) is 48.2 Å². The van der Waals surface area contributed by atoms with E-state index in [0.717, 1.165) is 0 Å². The molecule has 8 heteroatoms. The van der Waals surface area contributed by atoms with Crippen molar-refractivity contribution >= 4 is 29.3 Å². The molecule has 0 bridgehead atoms. The van der Waals surface area contributed by atoms with Crippen LogP contribution in [0.1, 0.15) is 11.6 Å². The van der Waals surface area contributed by atoms with Crippen molar-refractivity contribution in [2.45, 2.75) is 6.04 Å². The first-order chi connectivity index (χ1) is 14.0. The van der Waals surface area contributed by atoms with Gasteiger partial charge in [0.1, 0.15) is 11.8 Å². The summed E-state index contributed by atoms with van der Waals surface area (Å²) in [7, 11) is 2.93. The molecule has 3 rings (SSSR count). The predicted molar refractivity (Wildman–Crippen MR) is 111 cm³/mol. The van der Waals surface area contributed by atoms with Crippen LogP contribution in [0.4, 0.5) is 10.5 Å². The lowest BCUT2D eigenvalue weighted by molar-refractivity contribution is -0.148. The van der Waals surface area contributed by atoms with E-state index in [9.17, 15) is 9.59 Å². The molecular formula is C21H24ClN3O4. The van der Waals surface area contributed by atoms with Crippen molar-refractivity contribution in [1.82, 2.24) is 9.80 Å². The number of hydrogen-bond acceptors (Lipinski definition) is 5. The average molecular weight is 418 g/mol. The minimum absolute atomic E-state index is 0.207. The van der Waals surface area contributed by atoms with Gasteiger partial charge in [-0.3, -0.25) is 4.90 Å². The van der Waals surface area contributed by atoms with E-state index in [-0.39, 0.29) is 12.0 Å². The maximum Gasteiger partial charge on any atom is 0.327 e. The molecule has 1 aliphatic rings. The van der Waals surface area contributed by atoms with Crippen LogP contribution in [0.5, 0.6) is 5.75 Å². The van der Waals surface area contributed by atoms with Crippen LogP contribution in [0.25, 0.3) is 0 Å². The highest BCUT2D eigenvalue weighted by atomic mass is 35.5. The quantitative estimate of drug-likeness (QED) is 0.755. The highest BCUT2D eigenvalue weighted by molar-refractivity contribution is 6.31. The molecule has 2 aromatic carbocycles. The Balaban J connectivity index is 1.67. The summed E-state index contributed by atoms with van der Waals surface area (Å²) in [4.78, 5) is 28.8. The van der Waals surface area contributed by atoms with E-state index in [1.54, 1.807) is 30.2 Å². The average Bonchev–Trinajstić information content (AvgIpc) is 2.76. The lowest BCUT2D eigenvalue weighted by Crippen LogP contribution is -2.52. The predicted octanol–water partition coefficient (Wildman–Crippen LogP) is 3.41. The molecule has 1 aliphatic heterocycles. The van der Waals surface area contributed by atoms with Gasteiger partial charge in [0, 0.05) is 31.2 Å². The Morgan fingerprint density at radius 2 is 1.66 bits per heavy atom. The zero-order chi connectivity index (χ0) is 20.8. The van der Waals surface area contributed by atoms with Crippen LogP contribution in [0.15, 0.2) is 48.5 Å². The van der Waals surface area contributed by atoms with Crippen LogP contribution in [0, 0.1) is 0 Å². The first-order valence-corrected chi connectivity index (χ1v) is 9.68. The maximum atomic E-state index is 12.7. The lowest BCUT2D eigenvalue weighted by Gasteiger charge is -2.38. The molecule has 0 spiro atoms. The van der Waals surface area contributed by atoms with E-state index in [1.165, 1.54) is 7.11 Å². The van der Waals surface area contributed by atoms with Gasteiger partial charge in [0.2, 0.25) is 0 Å². The van der Waals surface area contributed by atoms with Crippen molar-refractivity contribution in [3.05, 3.63) is 59.1 Å². The summed E-state index contributed by atoms with van der Waals surface area (Å²) in [5.41, 5.74) is 1.32.